The molecule has 0 saturated carbocycles. The van der Waals surface area contributed by atoms with Gasteiger partial charge in [0, 0.05) is 44.5 Å². The number of carbonyl (C=O) groups is 1. The summed E-state index contributed by atoms with van der Waals surface area (Å²) >= 11 is 6.84. The second kappa shape index (κ2) is 11.1. The van der Waals surface area contributed by atoms with E-state index in [9.17, 15) is 14.9 Å². The lowest BCUT2D eigenvalue weighted by atomic mass is 10.0. The van der Waals surface area contributed by atoms with Crippen LogP contribution in [-0.2, 0) is 18.4 Å². The number of thiocarbonyl (C=S) groups is 1. The van der Waals surface area contributed by atoms with Gasteiger partial charge in [-0.1, -0.05) is 72.0 Å². The second-order valence-electron chi connectivity index (χ2n) is 9.78. The fraction of sp³-hybridized carbons (Fsp3) is 0.267. The van der Waals surface area contributed by atoms with Crippen molar-refractivity contribution in [3.63, 3.8) is 0 Å². The van der Waals surface area contributed by atoms with E-state index in [0.29, 0.717) is 45.8 Å². The second-order valence-corrected chi connectivity index (χ2v) is 11.5. The summed E-state index contributed by atoms with van der Waals surface area (Å²) in [6.07, 6.45) is 1.81. The Morgan fingerprint density at radius 2 is 1.62 bits per heavy atom. The molecule has 3 aromatic rings. The number of carbonyl (C=O) groups excluding carboxylic acids is 1. The van der Waals surface area contributed by atoms with Crippen molar-refractivity contribution in [2.24, 2.45) is 7.05 Å². The highest BCUT2D eigenvalue weighted by Crippen LogP contribution is 2.36. The number of anilines is 2. The van der Waals surface area contributed by atoms with Gasteiger partial charge in [0.1, 0.15) is 21.8 Å². The lowest BCUT2D eigenvalue weighted by molar-refractivity contribution is -0.122. The van der Waals surface area contributed by atoms with Gasteiger partial charge in [0.25, 0.3) is 11.5 Å². The van der Waals surface area contributed by atoms with Crippen LogP contribution in [0, 0.1) is 25.2 Å². The molecule has 3 heterocycles. The molecule has 0 atom stereocenters. The molecule has 1 aromatic heterocycles. The van der Waals surface area contributed by atoms with E-state index in [1.807, 2.05) is 55.5 Å². The first kappa shape index (κ1) is 26.7. The third-order valence-electron chi connectivity index (χ3n) is 7.28. The number of nitrogens with zero attached hydrogens (tertiary/aromatic N) is 5. The van der Waals surface area contributed by atoms with Crippen LogP contribution >= 0.6 is 24.0 Å². The van der Waals surface area contributed by atoms with E-state index in [-0.39, 0.29) is 17.0 Å². The number of hydrogen-bond donors (Lipinski definition) is 0. The van der Waals surface area contributed by atoms with E-state index >= 15 is 0 Å². The molecule has 39 heavy (non-hydrogen) atoms. The maximum atomic E-state index is 13.5. The highest BCUT2D eigenvalue weighted by molar-refractivity contribution is 8.26. The molecule has 5 rings (SSSR count). The minimum absolute atomic E-state index is 0.0885. The molecule has 1 amide bonds. The largest absolute Gasteiger partial charge is 0.368 e. The van der Waals surface area contributed by atoms with Crippen molar-refractivity contribution in [2.75, 3.05) is 36.0 Å². The van der Waals surface area contributed by atoms with Gasteiger partial charge in [0.2, 0.25) is 0 Å². The maximum absolute atomic E-state index is 13.5. The van der Waals surface area contributed by atoms with Gasteiger partial charge in [-0.25, -0.2) is 0 Å². The van der Waals surface area contributed by atoms with Crippen molar-refractivity contribution in [1.82, 2.24) is 9.47 Å². The highest BCUT2D eigenvalue weighted by atomic mass is 32.2. The van der Waals surface area contributed by atoms with E-state index in [1.165, 1.54) is 17.4 Å². The summed E-state index contributed by atoms with van der Waals surface area (Å²) in [7, 11) is 1.70. The molecular formula is C30H29N5O2S2. The standard InChI is InChI=1S/C30H29N5O2S2/c1-20-9-11-22(12-10-20)19-35-29(37)26(39-30(35)38)17-24-21(2)25(18-31)28(36)32(3)27(24)34-15-13-33(14-16-34)23-7-5-4-6-8-23/h4-12,17H,13-16,19H2,1-3H3. The Balaban J connectivity index is 1.49. The Morgan fingerprint density at radius 1 is 0.974 bits per heavy atom. The van der Waals surface area contributed by atoms with E-state index in [1.54, 1.807) is 23.4 Å². The number of amides is 1. The van der Waals surface area contributed by atoms with Crippen molar-refractivity contribution in [2.45, 2.75) is 20.4 Å². The first-order chi connectivity index (χ1) is 18.8. The predicted octanol–water partition coefficient (Wildman–Crippen LogP) is 4.60. The fourth-order valence-electron chi connectivity index (χ4n) is 5.05. The third kappa shape index (κ3) is 5.22. The number of rotatable bonds is 5. The molecule has 0 spiro atoms. The van der Waals surface area contributed by atoms with Crippen LogP contribution in [0.25, 0.3) is 6.08 Å². The van der Waals surface area contributed by atoms with Crippen LogP contribution in [-0.4, -0.2) is 45.9 Å². The van der Waals surface area contributed by atoms with Gasteiger partial charge in [-0.2, -0.15) is 5.26 Å². The number of pyridine rings is 1. The summed E-state index contributed by atoms with van der Waals surface area (Å²) in [5.41, 5.74) is 4.35. The highest BCUT2D eigenvalue weighted by Gasteiger charge is 2.33. The van der Waals surface area contributed by atoms with Crippen LogP contribution in [0.1, 0.15) is 27.8 Å². The van der Waals surface area contributed by atoms with Gasteiger partial charge >= 0.3 is 0 Å². The number of hydrogen-bond acceptors (Lipinski definition) is 7. The fourth-order valence-corrected chi connectivity index (χ4v) is 6.29. The summed E-state index contributed by atoms with van der Waals surface area (Å²) in [4.78, 5) is 33.2. The summed E-state index contributed by atoms with van der Waals surface area (Å²) in [6.45, 7) is 7.17. The topological polar surface area (TPSA) is 72.6 Å². The number of aryl methyl sites for hydroxylation is 1. The molecule has 0 aliphatic carbocycles. The molecule has 198 valence electrons. The summed E-state index contributed by atoms with van der Waals surface area (Å²) in [5, 5.41) is 9.79. The minimum atomic E-state index is -0.334. The van der Waals surface area contributed by atoms with Crippen LogP contribution < -0.4 is 15.4 Å². The van der Waals surface area contributed by atoms with Gasteiger partial charge in [-0.05, 0) is 43.2 Å². The molecule has 2 fully saturated rings. The quantitative estimate of drug-likeness (QED) is 0.337. The molecule has 0 bridgehead atoms. The first-order valence-electron chi connectivity index (χ1n) is 12.8. The Kier molecular flexibility index (Phi) is 7.60. The molecule has 2 aromatic carbocycles. The van der Waals surface area contributed by atoms with Gasteiger partial charge in [0.15, 0.2) is 0 Å². The van der Waals surface area contributed by atoms with Crippen LogP contribution in [0.3, 0.4) is 0 Å². The van der Waals surface area contributed by atoms with Crippen LogP contribution in [0.2, 0.25) is 0 Å². The molecule has 2 saturated heterocycles. The Bertz CT molecular complexity index is 1560. The number of benzene rings is 2. The van der Waals surface area contributed by atoms with Gasteiger partial charge < -0.3 is 9.80 Å². The molecule has 2 aliphatic heterocycles. The van der Waals surface area contributed by atoms with E-state index in [2.05, 4.69) is 28.0 Å². The van der Waals surface area contributed by atoms with Crippen molar-refractivity contribution >= 4 is 51.8 Å². The molecule has 0 unspecified atom stereocenters. The number of para-hydroxylation sites is 1. The molecule has 2 aliphatic rings. The number of aromatic nitrogens is 1. The third-order valence-corrected chi connectivity index (χ3v) is 8.66. The summed E-state index contributed by atoms with van der Waals surface area (Å²) in [5.74, 6) is 0.546. The first-order valence-corrected chi connectivity index (χ1v) is 14.0. The van der Waals surface area contributed by atoms with Gasteiger partial charge in [0.05, 0.1) is 11.4 Å². The lowest BCUT2D eigenvalue weighted by Gasteiger charge is -2.38. The average Bonchev–Trinajstić information content (AvgIpc) is 3.21. The molecular weight excluding hydrogens is 526 g/mol. The zero-order valence-electron chi connectivity index (χ0n) is 22.2. The van der Waals surface area contributed by atoms with Crippen LogP contribution in [0.4, 0.5) is 11.5 Å². The molecule has 0 N–H and O–H groups in total. The molecule has 7 nitrogen and oxygen atoms in total. The number of piperazine rings is 1. The monoisotopic (exact) mass is 555 g/mol. The number of thioether (sulfide) groups is 1. The summed E-state index contributed by atoms with van der Waals surface area (Å²) in [6, 6.07) is 20.4. The predicted molar refractivity (Wildman–Crippen MR) is 162 cm³/mol. The van der Waals surface area contributed by atoms with Crippen molar-refractivity contribution in [1.29, 1.82) is 5.26 Å². The maximum Gasteiger partial charge on any atom is 0.270 e. The summed E-state index contributed by atoms with van der Waals surface area (Å²) < 4.78 is 2.04. The van der Waals surface area contributed by atoms with E-state index in [0.717, 1.165) is 24.2 Å². The molecule has 9 heteroatoms. The smallest absolute Gasteiger partial charge is 0.270 e. The SMILES string of the molecule is Cc1ccc(CN2C(=O)C(=Cc3c(C)c(C#N)c(=O)n(C)c3N3CCN(c4ccccc4)CC3)SC2=S)cc1. The normalized spacial score (nSPS) is 16.8. The van der Waals surface area contributed by atoms with Crippen molar-refractivity contribution in [3.8, 4) is 6.07 Å². The van der Waals surface area contributed by atoms with Crippen LogP contribution in [0.5, 0.6) is 0 Å². The average molecular weight is 556 g/mol. The molecule has 0 radical (unpaired) electrons. The Morgan fingerprint density at radius 3 is 2.26 bits per heavy atom. The van der Waals surface area contributed by atoms with Crippen molar-refractivity contribution in [3.05, 3.63) is 97.7 Å². The Hall–Kier alpha value is -3.87. The van der Waals surface area contributed by atoms with Gasteiger partial charge in [-0.15, -0.1) is 0 Å². The zero-order valence-corrected chi connectivity index (χ0v) is 23.8. The zero-order chi connectivity index (χ0) is 27.7. The Labute approximate surface area is 237 Å². The van der Waals surface area contributed by atoms with Crippen LogP contribution in [0.15, 0.2) is 64.3 Å². The minimum Gasteiger partial charge on any atom is -0.368 e. The van der Waals surface area contributed by atoms with E-state index in [4.69, 9.17) is 12.2 Å². The van der Waals surface area contributed by atoms with E-state index < -0.39 is 0 Å². The van der Waals surface area contributed by atoms with Gasteiger partial charge in [-0.3, -0.25) is 19.1 Å². The lowest BCUT2D eigenvalue weighted by Crippen LogP contribution is -2.48. The van der Waals surface area contributed by atoms with Crippen molar-refractivity contribution < 1.29 is 4.79 Å². The number of nitriles is 1.